The predicted molar refractivity (Wildman–Crippen MR) is 115 cm³/mol. The van der Waals surface area contributed by atoms with Crippen LogP contribution in [0.3, 0.4) is 0 Å². The van der Waals surface area contributed by atoms with Gasteiger partial charge in [0.05, 0.1) is 32.7 Å². The average Bonchev–Trinajstić information content (AvgIpc) is 2.94. The van der Waals surface area contributed by atoms with Crippen molar-refractivity contribution in [3.63, 3.8) is 0 Å². The topological polar surface area (TPSA) is 57.5 Å². The molecule has 0 spiro atoms. The van der Waals surface area contributed by atoms with Crippen LogP contribution in [0.25, 0.3) is 16.9 Å². The van der Waals surface area contributed by atoms with Gasteiger partial charge in [-0.2, -0.15) is 5.10 Å². The Morgan fingerprint density at radius 3 is 2.28 bits per heavy atom. The van der Waals surface area contributed by atoms with Gasteiger partial charge < -0.3 is 19.5 Å². The molecule has 0 aliphatic carbocycles. The van der Waals surface area contributed by atoms with Crippen LogP contribution in [0.5, 0.6) is 17.2 Å². The third-order valence-corrected chi connectivity index (χ3v) is 5.39. The zero-order valence-electron chi connectivity index (χ0n) is 16.8. The largest absolute Gasteiger partial charge is 0.493 e. The summed E-state index contributed by atoms with van der Waals surface area (Å²) in [6, 6.07) is 11.6. The lowest BCUT2D eigenvalue weighted by Gasteiger charge is -2.14. The van der Waals surface area contributed by atoms with Crippen molar-refractivity contribution in [1.82, 2.24) is 9.78 Å². The highest BCUT2D eigenvalue weighted by Gasteiger charge is 2.24. The van der Waals surface area contributed by atoms with E-state index in [1.165, 1.54) is 5.56 Å². The molecule has 0 atom stereocenters. The van der Waals surface area contributed by atoms with Crippen molar-refractivity contribution in [3.8, 4) is 34.2 Å². The number of aromatic nitrogens is 2. The number of fused-ring (bicyclic) bond motifs is 1. The molecule has 4 rings (SSSR count). The van der Waals surface area contributed by atoms with E-state index in [1.807, 2.05) is 41.1 Å². The van der Waals surface area contributed by atoms with Gasteiger partial charge >= 0.3 is 0 Å². The SMILES string of the molecule is COc1cc(-c2nn(-c3ccc(Cl)cc3)c3c2CCCCN3)cc(OC)c1OC. The monoisotopic (exact) mass is 413 g/mol. The first kappa shape index (κ1) is 19.5. The molecule has 0 saturated heterocycles. The third-order valence-electron chi connectivity index (χ3n) is 5.14. The second-order valence-electron chi connectivity index (χ2n) is 6.86. The Morgan fingerprint density at radius 2 is 1.66 bits per heavy atom. The minimum absolute atomic E-state index is 0.570. The Hall–Kier alpha value is -2.86. The molecular weight excluding hydrogens is 390 g/mol. The minimum atomic E-state index is 0.570. The summed E-state index contributed by atoms with van der Waals surface area (Å²) in [5.74, 6) is 2.81. The smallest absolute Gasteiger partial charge is 0.203 e. The summed E-state index contributed by atoms with van der Waals surface area (Å²) in [7, 11) is 4.84. The van der Waals surface area contributed by atoms with Crippen molar-refractivity contribution in [1.29, 1.82) is 0 Å². The van der Waals surface area contributed by atoms with Crippen LogP contribution in [-0.4, -0.2) is 37.7 Å². The molecule has 3 aromatic rings. The molecule has 152 valence electrons. The van der Waals surface area contributed by atoms with Gasteiger partial charge in [0, 0.05) is 22.7 Å². The fourth-order valence-corrected chi connectivity index (χ4v) is 3.85. The number of anilines is 1. The second-order valence-corrected chi connectivity index (χ2v) is 7.30. The number of nitrogens with zero attached hydrogens (tertiary/aromatic N) is 2. The summed E-state index contributed by atoms with van der Waals surface area (Å²) in [5, 5.41) is 9.23. The summed E-state index contributed by atoms with van der Waals surface area (Å²) in [4.78, 5) is 0. The lowest BCUT2D eigenvalue weighted by atomic mass is 10.0. The highest BCUT2D eigenvalue weighted by Crippen LogP contribution is 2.43. The van der Waals surface area contributed by atoms with Gasteiger partial charge in [0.2, 0.25) is 5.75 Å². The molecule has 6 nitrogen and oxygen atoms in total. The highest BCUT2D eigenvalue weighted by molar-refractivity contribution is 6.30. The highest BCUT2D eigenvalue weighted by atomic mass is 35.5. The molecule has 2 aromatic carbocycles. The van der Waals surface area contributed by atoms with E-state index in [0.717, 1.165) is 48.6 Å². The van der Waals surface area contributed by atoms with Gasteiger partial charge in [0.25, 0.3) is 0 Å². The van der Waals surface area contributed by atoms with Crippen LogP contribution in [0.15, 0.2) is 36.4 Å². The number of halogens is 1. The first-order valence-electron chi connectivity index (χ1n) is 9.58. The van der Waals surface area contributed by atoms with Crippen LogP contribution in [0, 0.1) is 0 Å². The van der Waals surface area contributed by atoms with Crippen LogP contribution in [0.1, 0.15) is 18.4 Å². The third kappa shape index (κ3) is 3.60. The summed E-state index contributed by atoms with van der Waals surface area (Å²) in [5.41, 5.74) is 3.97. The zero-order valence-corrected chi connectivity index (χ0v) is 17.5. The van der Waals surface area contributed by atoms with Gasteiger partial charge in [0.1, 0.15) is 5.82 Å². The molecule has 7 heteroatoms. The van der Waals surface area contributed by atoms with Crippen LogP contribution in [0.4, 0.5) is 5.82 Å². The average molecular weight is 414 g/mol. The van der Waals surface area contributed by atoms with Gasteiger partial charge in [-0.15, -0.1) is 0 Å². The number of benzene rings is 2. The van der Waals surface area contributed by atoms with E-state index in [-0.39, 0.29) is 0 Å². The zero-order chi connectivity index (χ0) is 20.4. The molecule has 1 aliphatic heterocycles. The molecule has 1 N–H and O–H groups in total. The summed E-state index contributed by atoms with van der Waals surface area (Å²) in [6.45, 7) is 0.918. The maximum absolute atomic E-state index is 6.08. The number of ether oxygens (including phenoxy) is 3. The van der Waals surface area contributed by atoms with Crippen molar-refractivity contribution in [2.75, 3.05) is 33.2 Å². The first-order valence-corrected chi connectivity index (χ1v) is 9.96. The molecule has 0 amide bonds. The van der Waals surface area contributed by atoms with Gasteiger partial charge in [-0.05, 0) is 55.7 Å². The maximum Gasteiger partial charge on any atom is 0.203 e. The van der Waals surface area contributed by atoms with E-state index in [9.17, 15) is 0 Å². The maximum atomic E-state index is 6.08. The van der Waals surface area contributed by atoms with Crippen molar-refractivity contribution in [2.45, 2.75) is 19.3 Å². The fourth-order valence-electron chi connectivity index (χ4n) is 3.72. The van der Waals surface area contributed by atoms with Gasteiger partial charge in [-0.1, -0.05) is 11.6 Å². The van der Waals surface area contributed by atoms with E-state index >= 15 is 0 Å². The number of hydrogen-bond acceptors (Lipinski definition) is 5. The Balaban J connectivity index is 1.91. The summed E-state index contributed by atoms with van der Waals surface area (Å²) < 4.78 is 18.5. The molecule has 1 aliphatic rings. The molecule has 1 aromatic heterocycles. The molecule has 0 fully saturated rings. The van der Waals surface area contributed by atoms with E-state index in [1.54, 1.807) is 21.3 Å². The van der Waals surface area contributed by atoms with Crippen LogP contribution >= 0.6 is 11.6 Å². The van der Waals surface area contributed by atoms with Crippen LogP contribution in [0.2, 0.25) is 5.02 Å². The fraction of sp³-hybridized carbons (Fsp3) is 0.318. The van der Waals surface area contributed by atoms with E-state index in [0.29, 0.717) is 22.3 Å². The summed E-state index contributed by atoms with van der Waals surface area (Å²) >= 11 is 6.08. The summed E-state index contributed by atoms with van der Waals surface area (Å²) in [6.07, 6.45) is 3.16. The molecule has 2 heterocycles. The molecule has 29 heavy (non-hydrogen) atoms. The van der Waals surface area contributed by atoms with E-state index in [4.69, 9.17) is 30.9 Å². The van der Waals surface area contributed by atoms with E-state index in [2.05, 4.69) is 5.32 Å². The standard InChI is InChI=1S/C22H24ClN3O3/c1-27-18-12-14(13-19(28-2)21(18)29-3)20-17-6-4-5-11-24-22(17)26(25-20)16-9-7-15(23)8-10-16/h7-10,12-13,24H,4-6,11H2,1-3H3. The Morgan fingerprint density at radius 1 is 0.966 bits per heavy atom. The number of hydrogen-bond donors (Lipinski definition) is 1. The Labute approximate surface area is 175 Å². The van der Waals surface area contributed by atoms with E-state index < -0.39 is 0 Å². The second kappa shape index (κ2) is 8.25. The Kier molecular flexibility index (Phi) is 5.53. The number of rotatable bonds is 5. The van der Waals surface area contributed by atoms with Gasteiger partial charge in [-0.3, -0.25) is 0 Å². The Bertz CT molecular complexity index is 990. The van der Waals surface area contributed by atoms with Crippen molar-refractivity contribution in [2.24, 2.45) is 0 Å². The molecule has 0 unspecified atom stereocenters. The normalized spacial score (nSPS) is 13.2. The molecule has 0 radical (unpaired) electrons. The first-order chi connectivity index (χ1) is 14.2. The molecular formula is C22H24ClN3O3. The minimum Gasteiger partial charge on any atom is -0.493 e. The predicted octanol–water partition coefficient (Wildman–Crippen LogP) is 4.97. The van der Waals surface area contributed by atoms with Crippen molar-refractivity contribution in [3.05, 3.63) is 47.0 Å². The van der Waals surface area contributed by atoms with Gasteiger partial charge in [-0.25, -0.2) is 4.68 Å². The lowest BCUT2D eigenvalue weighted by Crippen LogP contribution is -2.07. The van der Waals surface area contributed by atoms with Crippen LogP contribution in [-0.2, 0) is 6.42 Å². The molecule has 0 saturated carbocycles. The quantitative estimate of drug-likeness (QED) is 0.640. The van der Waals surface area contributed by atoms with Crippen LogP contribution < -0.4 is 19.5 Å². The van der Waals surface area contributed by atoms with Crippen molar-refractivity contribution < 1.29 is 14.2 Å². The van der Waals surface area contributed by atoms with Gasteiger partial charge in [0.15, 0.2) is 11.5 Å². The number of nitrogens with one attached hydrogen (secondary N) is 1. The van der Waals surface area contributed by atoms with Crippen molar-refractivity contribution >= 4 is 17.4 Å². The molecule has 0 bridgehead atoms. The number of methoxy groups -OCH3 is 3. The lowest BCUT2D eigenvalue weighted by molar-refractivity contribution is 0.324.